The second kappa shape index (κ2) is 4.82. The normalized spacial score (nSPS) is 10.1. The molecule has 1 aromatic rings. The van der Waals surface area contributed by atoms with Gasteiger partial charge in [-0.15, -0.1) is 0 Å². The molecule has 0 aliphatic heterocycles. The fraction of sp³-hybridized carbons (Fsp3) is 0.600. The van der Waals surface area contributed by atoms with E-state index in [0.29, 0.717) is 12.4 Å². The first-order chi connectivity index (χ1) is 7.06. The van der Waals surface area contributed by atoms with Gasteiger partial charge in [0.15, 0.2) is 12.4 Å². The molecule has 0 aromatic carbocycles. The van der Waals surface area contributed by atoms with Gasteiger partial charge in [-0.25, -0.2) is 4.79 Å². The van der Waals surface area contributed by atoms with E-state index in [1.54, 1.807) is 11.6 Å². The third-order valence-electron chi connectivity index (χ3n) is 2.08. The summed E-state index contributed by atoms with van der Waals surface area (Å²) in [4.78, 5) is 11.1. The molecule has 0 spiro atoms. The Morgan fingerprint density at radius 1 is 1.47 bits per heavy atom. The van der Waals surface area contributed by atoms with Gasteiger partial charge in [0.25, 0.3) is 0 Å². The number of carbonyl (C=O) groups is 1. The van der Waals surface area contributed by atoms with Crippen molar-refractivity contribution >= 4 is 5.97 Å². The molecule has 0 aliphatic rings. The minimum absolute atomic E-state index is 0.0682. The monoisotopic (exact) mass is 212 g/mol. The SMILES string of the molecule is CCOC(=O)COc1c(C)nn(C)c1C. The third kappa shape index (κ3) is 2.71. The lowest BCUT2D eigenvalue weighted by Gasteiger charge is -2.05. The lowest BCUT2D eigenvalue weighted by molar-refractivity contribution is -0.145. The lowest BCUT2D eigenvalue weighted by atomic mass is 10.3. The number of hydrogen-bond acceptors (Lipinski definition) is 4. The molecule has 15 heavy (non-hydrogen) atoms. The Kier molecular flexibility index (Phi) is 3.71. The maximum Gasteiger partial charge on any atom is 0.344 e. The van der Waals surface area contributed by atoms with Gasteiger partial charge in [-0.1, -0.05) is 0 Å². The van der Waals surface area contributed by atoms with Crippen LogP contribution in [0.15, 0.2) is 0 Å². The Balaban J connectivity index is 2.61. The molecular weight excluding hydrogens is 196 g/mol. The van der Waals surface area contributed by atoms with Crippen LogP contribution in [0.4, 0.5) is 0 Å². The molecule has 5 nitrogen and oxygen atoms in total. The predicted octanol–water partition coefficient (Wildman–Crippen LogP) is 0.979. The molecule has 1 rings (SSSR count). The van der Waals surface area contributed by atoms with E-state index in [1.165, 1.54) is 0 Å². The number of nitrogens with zero attached hydrogens (tertiary/aromatic N) is 2. The second-order valence-corrected chi connectivity index (χ2v) is 3.22. The average molecular weight is 212 g/mol. The van der Waals surface area contributed by atoms with Crippen molar-refractivity contribution in [1.29, 1.82) is 0 Å². The summed E-state index contributed by atoms with van der Waals surface area (Å²) in [7, 11) is 1.83. The second-order valence-electron chi connectivity index (χ2n) is 3.22. The molecule has 0 saturated heterocycles. The standard InChI is InChI=1S/C10H16N2O3/c1-5-14-9(13)6-15-10-7(2)11-12(4)8(10)3/h5-6H2,1-4H3. The Bertz CT molecular complexity index is 358. The van der Waals surface area contributed by atoms with Gasteiger partial charge < -0.3 is 9.47 Å². The number of carbonyl (C=O) groups excluding carboxylic acids is 1. The molecule has 0 N–H and O–H groups in total. The van der Waals surface area contributed by atoms with Gasteiger partial charge in [0.05, 0.1) is 12.3 Å². The zero-order valence-corrected chi connectivity index (χ0v) is 9.53. The molecule has 0 bridgehead atoms. The molecule has 0 fully saturated rings. The first kappa shape index (κ1) is 11.6. The fourth-order valence-corrected chi connectivity index (χ4v) is 1.30. The summed E-state index contributed by atoms with van der Waals surface area (Å²) in [5.41, 5.74) is 1.68. The number of aromatic nitrogens is 2. The molecule has 1 aromatic heterocycles. The number of aryl methyl sites for hydroxylation is 2. The van der Waals surface area contributed by atoms with Gasteiger partial charge in [0.1, 0.15) is 5.69 Å². The van der Waals surface area contributed by atoms with Gasteiger partial charge in [0.2, 0.25) is 0 Å². The quantitative estimate of drug-likeness (QED) is 0.698. The van der Waals surface area contributed by atoms with Crippen molar-refractivity contribution in [2.24, 2.45) is 7.05 Å². The van der Waals surface area contributed by atoms with Crippen molar-refractivity contribution in [2.45, 2.75) is 20.8 Å². The van der Waals surface area contributed by atoms with Gasteiger partial charge in [-0.05, 0) is 20.8 Å². The van der Waals surface area contributed by atoms with E-state index in [-0.39, 0.29) is 12.6 Å². The van der Waals surface area contributed by atoms with Crippen LogP contribution in [0.2, 0.25) is 0 Å². The highest BCUT2D eigenvalue weighted by Crippen LogP contribution is 2.20. The molecule has 1 heterocycles. The molecule has 5 heteroatoms. The largest absolute Gasteiger partial charge is 0.478 e. The summed E-state index contributed by atoms with van der Waals surface area (Å²) in [5.74, 6) is 0.297. The van der Waals surface area contributed by atoms with Crippen LogP contribution in [0.1, 0.15) is 18.3 Å². The Morgan fingerprint density at radius 3 is 2.60 bits per heavy atom. The van der Waals surface area contributed by atoms with E-state index < -0.39 is 0 Å². The van der Waals surface area contributed by atoms with Crippen LogP contribution in [-0.4, -0.2) is 29.0 Å². The lowest BCUT2D eigenvalue weighted by Crippen LogP contribution is -2.15. The molecule has 0 radical (unpaired) electrons. The van der Waals surface area contributed by atoms with Crippen molar-refractivity contribution in [3.05, 3.63) is 11.4 Å². The topological polar surface area (TPSA) is 53.4 Å². The zero-order valence-electron chi connectivity index (χ0n) is 9.53. The Hall–Kier alpha value is -1.52. The fourth-order valence-electron chi connectivity index (χ4n) is 1.30. The van der Waals surface area contributed by atoms with E-state index in [9.17, 15) is 4.79 Å². The molecule has 0 saturated carbocycles. The van der Waals surface area contributed by atoms with Crippen molar-refractivity contribution in [3.8, 4) is 5.75 Å². The zero-order chi connectivity index (χ0) is 11.4. The van der Waals surface area contributed by atoms with Crippen molar-refractivity contribution in [2.75, 3.05) is 13.2 Å². The summed E-state index contributed by atoms with van der Waals surface area (Å²) in [6.45, 7) is 5.79. The molecule has 0 atom stereocenters. The van der Waals surface area contributed by atoms with Crippen LogP contribution in [0, 0.1) is 13.8 Å². The molecule has 84 valence electrons. The van der Waals surface area contributed by atoms with E-state index >= 15 is 0 Å². The first-order valence-electron chi connectivity index (χ1n) is 4.84. The van der Waals surface area contributed by atoms with E-state index in [4.69, 9.17) is 9.47 Å². The smallest absolute Gasteiger partial charge is 0.344 e. The van der Waals surface area contributed by atoms with Crippen LogP contribution in [0.25, 0.3) is 0 Å². The molecule has 0 aliphatic carbocycles. The van der Waals surface area contributed by atoms with Crippen molar-refractivity contribution in [1.82, 2.24) is 9.78 Å². The van der Waals surface area contributed by atoms with Crippen molar-refractivity contribution < 1.29 is 14.3 Å². The average Bonchev–Trinajstić information content (AvgIpc) is 2.40. The first-order valence-corrected chi connectivity index (χ1v) is 4.84. The third-order valence-corrected chi connectivity index (χ3v) is 2.08. The van der Waals surface area contributed by atoms with Gasteiger partial charge in [-0.3, -0.25) is 4.68 Å². The van der Waals surface area contributed by atoms with Crippen LogP contribution in [0.3, 0.4) is 0 Å². The highest BCUT2D eigenvalue weighted by molar-refractivity contribution is 5.71. The molecule has 0 unspecified atom stereocenters. The maximum atomic E-state index is 11.1. The van der Waals surface area contributed by atoms with Crippen LogP contribution in [0.5, 0.6) is 5.75 Å². The number of ether oxygens (including phenoxy) is 2. The van der Waals surface area contributed by atoms with Crippen LogP contribution < -0.4 is 4.74 Å². The summed E-state index contributed by atoms with van der Waals surface area (Å²) in [6.07, 6.45) is 0. The van der Waals surface area contributed by atoms with Gasteiger partial charge in [-0.2, -0.15) is 5.10 Å². The summed E-state index contributed by atoms with van der Waals surface area (Å²) in [5, 5.41) is 4.17. The summed E-state index contributed by atoms with van der Waals surface area (Å²) >= 11 is 0. The van der Waals surface area contributed by atoms with Crippen LogP contribution >= 0.6 is 0 Å². The minimum Gasteiger partial charge on any atom is -0.478 e. The van der Waals surface area contributed by atoms with E-state index in [1.807, 2.05) is 20.9 Å². The highest BCUT2D eigenvalue weighted by Gasteiger charge is 2.12. The molecule has 0 amide bonds. The number of hydrogen-bond donors (Lipinski definition) is 0. The van der Waals surface area contributed by atoms with Crippen LogP contribution in [-0.2, 0) is 16.6 Å². The Morgan fingerprint density at radius 2 is 2.13 bits per heavy atom. The van der Waals surface area contributed by atoms with Crippen molar-refractivity contribution in [3.63, 3.8) is 0 Å². The number of rotatable bonds is 4. The maximum absolute atomic E-state index is 11.1. The predicted molar refractivity (Wildman–Crippen MR) is 54.8 cm³/mol. The minimum atomic E-state index is -0.361. The Labute approximate surface area is 89.0 Å². The highest BCUT2D eigenvalue weighted by atomic mass is 16.6. The summed E-state index contributed by atoms with van der Waals surface area (Å²) in [6, 6.07) is 0. The molecular formula is C10H16N2O3. The number of esters is 1. The summed E-state index contributed by atoms with van der Waals surface area (Å²) < 4.78 is 11.8. The van der Waals surface area contributed by atoms with E-state index in [0.717, 1.165) is 11.4 Å². The van der Waals surface area contributed by atoms with Gasteiger partial charge >= 0.3 is 5.97 Å². The van der Waals surface area contributed by atoms with Gasteiger partial charge in [0, 0.05) is 7.05 Å². The van der Waals surface area contributed by atoms with E-state index in [2.05, 4.69) is 5.10 Å².